The number of allylic oxidation sites excluding steroid dienone is 1. The van der Waals surface area contributed by atoms with Crippen LogP contribution in [0.4, 0.5) is 0 Å². The zero-order valence-corrected chi connectivity index (χ0v) is 14.0. The van der Waals surface area contributed by atoms with Crippen molar-refractivity contribution in [2.45, 2.75) is 59.3 Å². The van der Waals surface area contributed by atoms with Gasteiger partial charge in [-0.1, -0.05) is 57.4 Å². The highest BCUT2D eigenvalue weighted by Gasteiger charge is 2.19. The number of aryl methyl sites for hydroxylation is 1. The molecule has 0 fully saturated rings. The van der Waals surface area contributed by atoms with Crippen LogP contribution < -0.4 is 0 Å². The van der Waals surface area contributed by atoms with Crippen molar-refractivity contribution in [2.24, 2.45) is 0 Å². The van der Waals surface area contributed by atoms with Gasteiger partial charge in [0.1, 0.15) is 0 Å². The molecule has 122 valence electrons. The van der Waals surface area contributed by atoms with Crippen molar-refractivity contribution in [3.8, 4) is 0 Å². The van der Waals surface area contributed by atoms with Gasteiger partial charge < -0.3 is 9.84 Å². The van der Waals surface area contributed by atoms with Crippen molar-refractivity contribution in [3.63, 3.8) is 0 Å². The molecule has 0 aromatic heterocycles. The van der Waals surface area contributed by atoms with Crippen molar-refractivity contribution in [1.82, 2.24) is 0 Å². The summed E-state index contributed by atoms with van der Waals surface area (Å²) in [5.74, 6) is -0.863. The summed E-state index contributed by atoms with van der Waals surface area (Å²) in [6.07, 6.45) is 6.09. The molecule has 0 spiro atoms. The van der Waals surface area contributed by atoms with E-state index < -0.39 is 5.97 Å². The number of carboxylic acids is 1. The first kappa shape index (κ1) is 18.3. The summed E-state index contributed by atoms with van der Waals surface area (Å²) in [7, 11) is 0. The molecule has 0 amide bonds. The molecule has 0 saturated carbocycles. The zero-order chi connectivity index (χ0) is 16.4. The predicted octanol–water partition coefficient (Wildman–Crippen LogP) is 5.05. The molecule has 0 aliphatic carbocycles. The molecule has 0 radical (unpaired) electrons. The Balaban J connectivity index is 3.19. The summed E-state index contributed by atoms with van der Waals surface area (Å²) in [5.41, 5.74) is 3.03. The maximum absolute atomic E-state index is 11.6. The monoisotopic (exact) mass is 304 g/mol. The number of rotatable bonds is 10. The molecule has 0 heterocycles. The van der Waals surface area contributed by atoms with E-state index in [-0.39, 0.29) is 5.76 Å². The lowest BCUT2D eigenvalue weighted by atomic mass is 9.93. The molecule has 1 aromatic rings. The number of aliphatic carboxylic acids is 1. The number of benzene rings is 1. The van der Waals surface area contributed by atoms with E-state index in [2.05, 4.69) is 19.9 Å². The second-order valence-corrected chi connectivity index (χ2v) is 5.37. The van der Waals surface area contributed by atoms with Crippen LogP contribution in [0.2, 0.25) is 0 Å². The van der Waals surface area contributed by atoms with E-state index in [1.165, 1.54) is 18.4 Å². The predicted molar refractivity (Wildman–Crippen MR) is 90.8 cm³/mol. The van der Waals surface area contributed by atoms with Crippen molar-refractivity contribution < 1.29 is 14.6 Å². The maximum Gasteiger partial charge on any atom is 0.371 e. The summed E-state index contributed by atoms with van der Waals surface area (Å²) >= 11 is 0. The molecular formula is C19H28O3. The molecule has 1 aromatic carbocycles. The lowest BCUT2D eigenvalue weighted by Crippen LogP contribution is -2.09. The SMILES string of the molecule is CCCCCCC(=C(OCC)C(=O)O)c1ccccc1CC. The van der Waals surface area contributed by atoms with Crippen LogP contribution in [0.25, 0.3) is 5.57 Å². The maximum atomic E-state index is 11.6. The largest absolute Gasteiger partial charge is 0.487 e. The van der Waals surface area contributed by atoms with Crippen LogP contribution in [-0.4, -0.2) is 17.7 Å². The molecular weight excluding hydrogens is 276 g/mol. The molecule has 3 nitrogen and oxygen atoms in total. The normalized spacial score (nSPS) is 12.0. The van der Waals surface area contributed by atoms with Crippen LogP contribution in [0, 0.1) is 0 Å². The molecule has 0 saturated heterocycles. The molecule has 3 heteroatoms. The van der Waals surface area contributed by atoms with Gasteiger partial charge >= 0.3 is 5.97 Å². The lowest BCUT2D eigenvalue weighted by molar-refractivity contribution is -0.136. The number of hydrogen-bond donors (Lipinski definition) is 1. The Bertz CT molecular complexity index is 503. The van der Waals surface area contributed by atoms with Crippen LogP contribution in [-0.2, 0) is 16.0 Å². The molecule has 0 unspecified atom stereocenters. The fourth-order valence-corrected chi connectivity index (χ4v) is 2.64. The third-order valence-corrected chi connectivity index (χ3v) is 3.76. The minimum absolute atomic E-state index is 0.111. The molecule has 22 heavy (non-hydrogen) atoms. The van der Waals surface area contributed by atoms with Crippen molar-refractivity contribution in [2.75, 3.05) is 6.61 Å². The third-order valence-electron chi connectivity index (χ3n) is 3.76. The topological polar surface area (TPSA) is 46.5 Å². The van der Waals surface area contributed by atoms with Gasteiger partial charge in [-0.25, -0.2) is 4.79 Å². The van der Waals surface area contributed by atoms with Crippen LogP contribution in [0.15, 0.2) is 30.0 Å². The first-order valence-electron chi connectivity index (χ1n) is 8.33. The number of carboxylic acid groups (broad SMARTS) is 1. The summed E-state index contributed by atoms with van der Waals surface area (Å²) < 4.78 is 5.46. The first-order valence-corrected chi connectivity index (χ1v) is 8.33. The Hall–Kier alpha value is -1.77. The lowest BCUT2D eigenvalue weighted by Gasteiger charge is -2.16. The smallest absolute Gasteiger partial charge is 0.371 e. The molecule has 1 rings (SSSR count). The number of unbranched alkanes of at least 4 members (excludes halogenated alkanes) is 3. The Labute approximate surface area is 134 Å². The highest BCUT2D eigenvalue weighted by molar-refractivity contribution is 5.94. The Morgan fingerprint density at radius 1 is 1.09 bits per heavy atom. The highest BCUT2D eigenvalue weighted by Crippen LogP contribution is 2.29. The number of ether oxygens (including phenoxy) is 1. The second-order valence-electron chi connectivity index (χ2n) is 5.37. The van der Waals surface area contributed by atoms with E-state index in [1.807, 2.05) is 25.1 Å². The highest BCUT2D eigenvalue weighted by atomic mass is 16.5. The Morgan fingerprint density at radius 2 is 1.82 bits per heavy atom. The molecule has 1 N–H and O–H groups in total. The third kappa shape index (κ3) is 5.21. The van der Waals surface area contributed by atoms with Gasteiger partial charge in [0.15, 0.2) is 0 Å². The van der Waals surface area contributed by atoms with E-state index >= 15 is 0 Å². The average Bonchev–Trinajstić information content (AvgIpc) is 2.53. The molecule has 0 aliphatic heterocycles. The average molecular weight is 304 g/mol. The summed E-state index contributed by atoms with van der Waals surface area (Å²) in [6, 6.07) is 8.03. The van der Waals surface area contributed by atoms with Gasteiger partial charge in [0, 0.05) is 5.57 Å². The van der Waals surface area contributed by atoms with Gasteiger partial charge in [0.25, 0.3) is 0 Å². The van der Waals surface area contributed by atoms with Crippen LogP contribution in [0.3, 0.4) is 0 Å². The Morgan fingerprint density at radius 3 is 2.41 bits per heavy atom. The minimum Gasteiger partial charge on any atom is -0.487 e. The quantitative estimate of drug-likeness (QED) is 0.374. The van der Waals surface area contributed by atoms with Gasteiger partial charge in [-0.2, -0.15) is 0 Å². The minimum atomic E-state index is -0.974. The van der Waals surface area contributed by atoms with E-state index in [0.29, 0.717) is 6.61 Å². The summed E-state index contributed by atoms with van der Waals surface area (Å²) in [4.78, 5) is 11.6. The van der Waals surface area contributed by atoms with Crippen LogP contribution >= 0.6 is 0 Å². The number of hydrogen-bond acceptors (Lipinski definition) is 2. The van der Waals surface area contributed by atoms with E-state index in [4.69, 9.17) is 4.74 Å². The second kappa shape index (κ2) is 10.0. The van der Waals surface area contributed by atoms with Crippen LogP contribution in [0.5, 0.6) is 0 Å². The van der Waals surface area contributed by atoms with Crippen molar-refractivity contribution in [1.29, 1.82) is 0 Å². The van der Waals surface area contributed by atoms with Gasteiger partial charge in [-0.05, 0) is 37.3 Å². The fraction of sp³-hybridized carbons (Fsp3) is 0.526. The summed E-state index contributed by atoms with van der Waals surface area (Å²) in [6.45, 7) is 6.46. The zero-order valence-electron chi connectivity index (χ0n) is 14.0. The van der Waals surface area contributed by atoms with Crippen molar-refractivity contribution >= 4 is 11.5 Å². The fourth-order valence-electron chi connectivity index (χ4n) is 2.64. The Kier molecular flexibility index (Phi) is 8.34. The summed E-state index contributed by atoms with van der Waals surface area (Å²) in [5, 5.41) is 9.52. The van der Waals surface area contributed by atoms with E-state index in [1.54, 1.807) is 0 Å². The van der Waals surface area contributed by atoms with Gasteiger partial charge in [0.2, 0.25) is 5.76 Å². The van der Waals surface area contributed by atoms with E-state index in [9.17, 15) is 9.90 Å². The van der Waals surface area contributed by atoms with E-state index in [0.717, 1.165) is 36.8 Å². The molecule has 0 aliphatic rings. The van der Waals surface area contributed by atoms with Crippen LogP contribution in [0.1, 0.15) is 64.0 Å². The van der Waals surface area contributed by atoms with Gasteiger partial charge in [0.05, 0.1) is 6.61 Å². The molecule has 0 bridgehead atoms. The molecule has 0 atom stereocenters. The van der Waals surface area contributed by atoms with Gasteiger partial charge in [-0.3, -0.25) is 0 Å². The van der Waals surface area contributed by atoms with Gasteiger partial charge in [-0.15, -0.1) is 0 Å². The standard InChI is InChI=1S/C19H28O3/c1-4-7-8-9-14-17(18(19(20)21)22-6-3)16-13-11-10-12-15(16)5-2/h10-13H,4-9,14H2,1-3H3,(H,20,21). The first-order chi connectivity index (χ1) is 10.7. The van der Waals surface area contributed by atoms with Crippen molar-refractivity contribution in [3.05, 3.63) is 41.2 Å². The number of carbonyl (C=O) groups is 1.